The number of hydrogen-bond donors (Lipinski definition) is 1. The highest BCUT2D eigenvalue weighted by Gasteiger charge is 2.32. The van der Waals surface area contributed by atoms with Crippen molar-refractivity contribution in [1.29, 1.82) is 0 Å². The number of nitrogens with zero attached hydrogens (tertiary/aromatic N) is 1. The van der Waals surface area contributed by atoms with Crippen LogP contribution in [0.4, 0.5) is 10.7 Å². The number of hydrogen-bond acceptors (Lipinski definition) is 5. The van der Waals surface area contributed by atoms with E-state index in [2.05, 4.69) is 25.7 Å². The molecule has 2 rings (SSSR count). The lowest BCUT2D eigenvalue weighted by atomic mass is 9.80. The van der Waals surface area contributed by atoms with Crippen molar-refractivity contribution < 1.29 is 9.53 Å². The highest BCUT2D eigenvalue weighted by atomic mass is 32.1. The molecule has 2 N–H and O–H groups in total. The van der Waals surface area contributed by atoms with E-state index in [1.54, 1.807) is 0 Å². The van der Waals surface area contributed by atoms with Gasteiger partial charge in [0.15, 0.2) is 0 Å². The van der Waals surface area contributed by atoms with E-state index >= 15 is 0 Å². The number of ether oxygens (including phenoxy) is 1. The molecule has 19 heavy (non-hydrogen) atoms. The first-order chi connectivity index (χ1) is 8.82. The van der Waals surface area contributed by atoms with Gasteiger partial charge in [-0.05, 0) is 23.8 Å². The summed E-state index contributed by atoms with van der Waals surface area (Å²) in [6.07, 6.45) is 1.19. The molecule has 1 saturated heterocycles. The molecular formula is C14H22N2O2S. The zero-order valence-electron chi connectivity index (χ0n) is 12.0. The number of esters is 1. The number of carbonyl (C=O) groups is 1. The maximum absolute atomic E-state index is 11.6. The summed E-state index contributed by atoms with van der Waals surface area (Å²) in [5.41, 5.74) is 6.73. The van der Waals surface area contributed by atoms with Crippen LogP contribution in [-0.2, 0) is 4.74 Å². The lowest BCUT2D eigenvalue weighted by molar-refractivity contribution is 0.0607. The van der Waals surface area contributed by atoms with Crippen molar-refractivity contribution in [3.63, 3.8) is 0 Å². The van der Waals surface area contributed by atoms with Gasteiger partial charge in [0.2, 0.25) is 0 Å². The van der Waals surface area contributed by atoms with Gasteiger partial charge in [0.05, 0.1) is 17.8 Å². The summed E-state index contributed by atoms with van der Waals surface area (Å²) in [4.78, 5) is 14.4. The normalized spacial score (nSPS) is 19.8. The average Bonchev–Trinajstić information content (AvgIpc) is 2.93. The number of carbonyl (C=O) groups excluding carboxylic acids is 1. The minimum Gasteiger partial charge on any atom is -0.465 e. The first-order valence-corrected chi connectivity index (χ1v) is 7.37. The second-order valence-corrected chi connectivity index (χ2v) is 7.19. The molecule has 0 aliphatic carbocycles. The van der Waals surface area contributed by atoms with Gasteiger partial charge in [-0.2, -0.15) is 0 Å². The van der Waals surface area contributed by atoms with Gasteiger partial charge in [-0.1, -0.05) is 20.8 Å². The molecule has 0 aromatic carbocycles. The molecule has 0 radical (unpaired) electrons. The predicted octanol–water partition coefficient (Wildman–Crippen LogP) is 2.99. The molecule has 4 nitrogen and oxygen atoms in total. The Morgan fingerprint density at radius 3 is 2.74 bits per heavy atom. The van der Waals surface area contributed by atoms with Crippen LogP contribution in [0.2, 0.25) is 0 Å². The number of anilines is 2. The molecule has 1 aliphatic heterocycles. The fraction of sp³-hybridized carbons (Fsp3) is 0.643. The van der Waals surface area contributed by atoms with Crippen LogP contribution in [0.25, 0.3) is 0 Å². The molecule has 1 atom stereocenters. The number of rotatable bonds is 2. The van der Waals surface area contributed by atoms with Crippen LogP contribution < -0.4 is 10.6 Å². The third-order valence-corrected chi connectivity index (χ3v) is 5.03. The van der Waals surface area contributed by atoms with Crippen molar-refractivity contribution in [1.82, 2.24) is 0 Å². The Kier molecular flexibility index (Phi) is 3.76. The number of methoxy groups -OCH3 is 1. The monoisotopic (exact) mass is 282 g/mol. The molecule has 5 heteroatoms. The number of nitrogen functional groups attached to an aromatic ring is 1. The van der Waals surface area contributed by atoms with E-state index in [9.17, 15) is 4.79 Å². The highest BCUT2D eigenvalue weighted by Crippen LogP contribution is 2.39. The van der Waals surface area contributed by atoms with Gasteiger partial charge >= 0.3 is 5.97 Å². The Balaban J connectivity index is 2.14. The molecule has 106 valence electrons. The van der Waals surface area contributed by atoms with Crippen molar-refractivity contribution in [3.05, 3.63) is 10.9 Å². The van der Waals surface area contributed by atoms with Gasteiger partial charge in [-0.3, -0.25) is 0 Å². The minimum atomic E-state index is -0.347. The van der Waals surface area contributed by atoms with Crippen LogP contribution in [0, 0.1) is 11.3 Å². The first-order valence-electron chi connectivity index (χ1n) is 6.55. The van der Waals surface area contributed by atoms with Crippen molar-refractivity contribution in [3.8, 4) is 0 Å². The van der Waals surface area contributed by atoms with Crippen LogP contribution in [0.15, 0.2) is 6.07 Å². The second kappa shape index (κ2) is 5.04. The van der Waals surface area contributed by atoms with Gasteiger partial charge in [0.25, 0.3) is 0 Å². The maximum atomic E-state index is 11.6. The quantitative estimate of drug-likeness (QED) is 0.847. The van der Waals surface area contributed by atoms with E-state index in [1.165, 1.54) is 24.9 Å². The van der Waals surface area contributed by atoms with Gasteiger partial charge in [0, 0.05) is 13.1 Å². The van der Waals surface area contributed by atoms with Crippen molar-refractivity contribution in [2.45, 2.75) is 27.2 Å². The van der Waals surface area contributed by atoms with E-state index in [0.717, 1.165) is 18.1 Å². The Morgan fingerprint density at radius 1 is 1.53 bits per heavy atom. The number of thiophene rings is 1. The van der Waals surface area contributed by atoms with E-state index in [4.69, 9.17) is 10.5 Å². The van der Waals surface area contributed by atoms with Crippen molar-refractivity contribution >= 4 is 28.0 Å². The third kappa shape index (κ3) is 2.86. The van der Waals surface area contributed by atoms with E-state index in [0.29, 0.717) is 21.9 Å². The molecule has 0 spiro atoms. The fourth-order valence-electron chi connectivity index (χ4n) is 2.47. The van der Waals surface area contributed by atoms with Gasteiger partial charge in [0.1, 0.15) is 4.88 Å². The van der Waals surface area contributed by atoms with Crippen LogP contribution >= 0.6 is 11.3 Å². The van der Waals surface area contributed by atoms with Crippen molar-refractivity contribution in [2.24, 2.45) is 11.3 Å². The molecule has 0 bridgehead atoms. The average molecular weight is 282 g/mol. The van der Waals surface area contributed by atoms with Crippen LogP contribution in [0.1, 0.15) is 36.9 Å². The van der Waals surface area contributed by atoms with Gasteiger partial charge in [-0.15, -0.1) is 11.3 Å². The highest BCUT2D eigenvalue weighted by molar-refractivity contribution is 7.18. The molecule has 1 unspecified atom stereocenters. The van der Waals surface area contributed by atoms with Crippen LogP contribution in [0.3, 0.4) is 0 Å². The summed E-state index contributed by atoms with van der Waals surface area (Å²) < 4.78 is 4.74. The molecule has 0 saturated carbocycles. The molecule has 0 amide bonds. The molecule has 2 heterocycles. The standard InChI is InChI=1S/C14H22N2O2S/c1-14(2,3)9-5-6-16(8-9)11-7-10(15)12(19-11)13(17)18-4/h7,9H,5-6,8,15H2,1-4H3. The summed E-state index contributed by atoms with van der Waals surface area (Å²) in [5.74, 6) is 0.331. The Morgan fingerprint density at radius 2 is 2.21 bits per heavy atom. The topological polar surface area (TPSA) is 55.6 Å². The van der Waals surface area contributed by atoms with Crippen LogP contribution in [0.5, 0.6) is 0 Å². The maximum Gasteiger partial charge on any atom is 0.350 e. The molecule has 1 aliphatic rings. The second-order valence-electron chi connectivity index (χ2n) is 6.16. The Labute approximate surface area is 118 Å². The molecular weight excluding hydrogens is 260 g/mol. The van der Waals surface area contributed by atoms with E-state index in [1.807, 2.05) is 6.07 Å². The van der Waals surface area contributed by atoms with Crippen LogP contribution in [-0.4, -0.2) is 26.2 Å². The zero-order chi connectivity index (χ0) is 14.2. The lowest BCUT2D eigenvalue weighted by Crippen LogP contribution is -2.25. The predicted molar refractivity (Wildman–Crippen MR) is 79.8 cm³/mol. The summed E-state index contributed by atoms with van der Waals surface area (Å²) >= 11 is 1.43. The first kappa shape index (κ1) is 14.2. The molecule has 1 fully saturated rings. The number of nitrogens with two attached hydrogens (primary N) is 1. The van der Waals surface area contributed by atoms with Gasteiger partial charge in [-0.25, -0.2) is 4.79 Å². The molecule has 1 aromatic rings. The van der Waals surface area contributed by atoms with Gasteiger partial charge < -0.3 is 15.4 Å². The minimum absolute atomic E-state index is 0.322. The smallest absolute Gasteiger partial charge is 0.350 e. The van der Waals surface area contributed by atoms with Crippen molar-refractivity contribution in [2.75, 3.05) is 30.8 Å². The summed E-state index contributed by atoms with van der Waals surface area (Å²) in [5, 5.41) is 1.07. The lowest BCUT2D eigenvalue weighted by Gasteiger charge is -2.27. The summed E-state index contributed by atoms with van der Waals surface area (Å²) in [6.45, 7) is 8.91. The largest absolute Gasteiger partial charge is 0.465 e. The zero-order valence-corrected chi connectivity index (χ0v) is 12.8. The summed E-state index contributed by atoms with van der Waals surface area (Å²) in [7, 11) is 1.38. The summed E-state index contributed by atoms with van der Waals surface area (Å²) in [6, 6.07) is 1.89. The SMILES string of the molecule is COC(=O)c1sc(N2CCC(C(C)(C)C)C2)cc1N. The molecule has 1 aromatic heterocycles. The Bertz CT molecular complexity index is 476. The van der Waals surface area contributed by atoms with E-state index in [-0.39, 0.29) is 5.97 Å². The van der Waals surface area contributed by atoms with E-state index < -0.39 is 0 Å². The third-order valence-electron chi connectivity index (χ3n) is 3.84. The Hall–Kier alpha value is -1.23. The fourth-order valence-corrected chi connectivity index (χ4v) is 3.50.